The van der Waals surface area contributed by atoms with E-state index in [-0.39, 0.29) is 0 Å². The van der Waals surface area contributed by atoms with Gasteiger partial charge in [0.2, 0.25) is 0 Å². The summed E-state index contributed by atoms with van der Waals surface area (Å²) < 4.78 is 0. The molecule has 0 saturated heterocycles. The molecule has 0 atom stereocenters. The molecule has 1 N–H and O–H groups in total. The van der Waals surface area contributed by atoms with Gasteiger partial charge in [-0.05, 0) is 44.0 Å². The van der Waals surface area contributed by atoms with Crippen LogP contribution in [0.25, 0.3) is 0 Å². The van der Waals surface area contributed by atoms with Crippen LogP contribution in [0.3, 0.4) is 0 Å². The van der Waals surface area contributed by atoms with Crippen LogP contribution in [0.5, 0.6) is 0 Å². The summed E-state index contributed by atoms with van der Waals surface area (Å²) in [7, 11) is 0. The molecular formula is C14H18N4. The SMILES string of the molecule is CCNc1nnc(Cc2ccccn2)c(C)c1C. The molecular weight excluding hydrogens is 224 g/mol. The second kappa shape index (κ2) is 5.58. The molecule has 94 valence electrons. The molecule has 2 aromatic heterocycles. The first-order valence-corrected chi connectivity index (χ1v) is 6.19. The maximum absolute atomic E-state index is 4.32. The van der Waals surface area contributed by atoms with E-state index in [4.69, 9.17) is 0 Å². The molecule has 4 nitrogen and oxygen atoms in total. The smallest absolute Gasteiger partial charge is 0.151 e. The van der Waals surface area contributed by atoms with Crippen molar-refractivity contribution < 1.29 is 0 Å². The second-order valence-electron chi connectivity index (χ2n) is 4.27. The Hall–Kier alpha value is -1.97. The van der Waals surface area contributed by atoms with E-state index in [1.54, 1.807) is 6.20 Å². The topological polar surface area (TPSA) is 50.7 Å². The molecule has 2 rings (SSSR count). The van der Waals surface area contributed by atoms with Crippen LogP contribution in [0, 0.1) is 13.8 Å². The lowest BCUT2D eigenvalue weighted by molar-refractivity contribution is 0.887. The molecule has 18 heavy (non-hydrogen) atoms. The lowest BCUT2D eigenvalue weighted by Gasteiger charge is -2.11. The van der Waals surface area contributed by atoms with E-state index < -0.39 is 0 Å². The molecule has 4 heteroatoms. The van der Waals surface area contributed by atoms with Crippen LogP contribution < -0.4 is 5.32 Å². The van der Waals surface area contributed by atoms with E-state index in [9.17, 15) is 0 Å². The molecule has 0 aliphatic rings. The summed E-state index contributed by atoms with van der Waals surface area (Å²) in [5.41, 5.74) is 4.36. The van der Waals surface area contributed by atoms with Crippen LogP contribution in [0.4, 0.5) is 5.82 Å². The Kier molecular flexibility index (Phi) is 3.87. The molecule has 0 aliphatic carbocycles. The van der Waals surface area contributed by atoms with Gasteiger partial charge in [0.05, 0.1) is 5.69 Å². The third-order valence-electron chi connectivity index (χ3n) is 3.04. The van der Waals surface area contributed by atoms with E-state index >= 15 is 0 Å². The number of hydrogen-bond acceptors (Lipinski definition) is 4. The van der Waals surface area contributed by atoms with Crippen molar-refractivity contribution >= 4 is 5.82 Å². The fraction of sp³-hybridized carbons (Fsp3) is 0.357. The molecule has 0 saturated carbocycles. The summed E-state index contributed by atoms with van der Waals surface area (Å²) in [6, 6.07) is 5.92. The summed E-state index contributed by atoms with van der Waals surface area (Å²) in [5, 5.41) is 11.8. The van der Waals surface area contributed by atoms with Gasteiger partial charge in [-0.25, -0.2) is 0 Å². The zero-order valence-corrected chi connectivity index (χ0v) is 11.1. The number of rotatable bonds is 4. The molecule has 0 fully saturated rings. The molecule has 0 bridgehead atoms. The van der Waals surface area contributed by atoms with Crippen molar-refractivity contribution in [2.45, 2.75) is 27.2 Å². The Morgan fingerprint density at radius 1 is 1.11 bits per heavy atom. The maximum atomic E-state index is 4.32. The average Bonchev–Trinajstić information content (AvgIpc) is 2.40. The molecule has 0 aliphatic heterocycles. The first-order chi connectivity index (χ1) is 8.72. The van der Waals surface area contributed by atoms with Crippen molar-refractivity contribution in [1.82, 2.24) is 15.2 Å². The minimum Gasteiger partial charge on any atom is -0.369 e. The van der Waals surface area contributed by atoms with Crippen LogP contribution in [0.15, 0.2) is 24.4 Å². The van der Waals surface area contributed by atoms with E-state index in [2.05, 4.69) is 41.3 Å². The van der Waals surface area contributed by atoms with E-state index in [0.29, 0.717) is 0 Å². The van der Waals surface area contributed by atoms with Gasteiger partial charge < -0.3 is 5.32 Å². The largest absolute Gasteiger partial charge is 0.369 e. The molecule has 2 aromatic rings. The standard InChI is InChI=1S/C14H18N4/c1-4-15-14-11(3)10(2)13(17-18-14)9-12-7-5-6-8-16-12/h5-8H,4,9H2,1-3H3,(H,15,18). The monoisotopic (exact) mass is 242 g/mol. The van der Waals surface area contributed by atoms with Gasteiger partial charge in [0, 0.05) is 24.9 Å². The zero-order valence-electron chi connectivity index (χ0n) is 11.1. The fourth-order valence-corrected chi connectivity index (χ4v) is 1.83. The summed E-state index contributed by atoms with van der Waals surface area (Å²) >= 11 is 0. The van der Waals surface area contributed by atoms with Crippen LogP contribution in [-0.4, -0.2) is 21.7 Å². The van der Waals surface area contributed by atoms with Gasteiger partial charge in [0.1, 0.15) is 0 Å². The van der Waals surface area contributed by atoms with Gasteiger partial charge in [-0.3, -0.25) is 4.98 Å². The lowest BCUT2D eigenvalue weighted by Crippen LogP contribution is -2.08. The van der Waals surface area contributed by atoms with Gasteiger partial charge in [-0.15, -0.1) is 5.10 Å². The van der Waals surface area contributed by atoms with Gasteiger partial charge in [0.25, 0.3) is 0 Å². The number of nitrogens with zero attached hydrogens (tertiary/aromatic N) is 3. The summed E-state index contributed by atoms with van der Waals surface area (Å²) in [5.74, 6) is 0.875. The third-order valence-corrected chi connectivity index (χ3v) is 3.04. The van der Waals surface area contributed by atoms with Crippen molar-refractivity contribution in [3.05, 3.63) is 46.9 Å². The molecule has 0 unspecified atom stereocenters. The first kappa shape index (κ1) is 12.5. The van der Waals surface area contributed by atoms with Gasteiger partial charge in [-0.2, -0.15) is 5.10 Å². The van der Waals surface area contributed by atoms with E-state index in [0.717, 1.165) is 35.7 Å². The average molecular weight is 242 g/mol. The van der Waals surface area contributed by atoms with Crippen LogP contribution in [0.2, 0.25) is 0 Å². The zero-order chi connectivity index (χ0) is 13.0. The number of pyridine rings is 1. The number of nitrogens with one attached hydrogen (secondary N) is 1. The van der Waals surface area contributed by atoms with Crippen molar-refractivity contribution in [2.24, 2.45) is 0 Å². The quantitative estimate of drug-likeness (QED) is 0.895. The number of aromatic nitrogens is 3. The Morgan fingerprint density at radius 2 is 1.94 bits per heavy atom. The van der Waals surface area contributed by atoms with E-state index in [1.165, 1.54) is 5.56 Å². The second-order valence-corrected chi connectivity index (χ2v) is 4.27. The van der Waals surface area contributed by atoms with Gasteiger partial charge >= 0.3 is 0 Å². The highest BCUT2D eigenvalue weighted by Gasteiger charge is 2.09. The predicted octanol–water partition coefficient (Wildman–Crippen LogP) is 2.51. The van der Waals surface area contributed by atoms with Crippen molar-refractivity contribution in [3.8, 4) is 0 Å². The molecule has 0 amide bonds. The fourth-order valence-electron chi connectivity index (χ4n) is 1.83. The van der Waals surface area contributed by atoms with Crippen molar-refractivity contribution in [1.29, 1.82) is 0 Å². The highest BCUT2D eigenvalue weighted by Crippen LogP contribution is 2.18. The Morgan fingerprint density at radius 3 is 2.61 bits per heavy atom. The summed E-state index contributed by atoms with van der Waals surface area (Å²) in [4.78, 5) is 4.32. The Bertz CT molecular complexity index is 523. The number of hydrogen-bond donors (Lipinski definition) is 1. The molecule has 0 spiro atoms. The molecule has 2 heterocycles. The van der Waals surface area contributed by atoms with Crippen molar-refractivity contribution in [2.75, 3.05) is 11.9 Å². The van der Waals surface area contributed by atoms with Crippen LogP contribution in [0.1, 0.15) is 29.4 Å². The molecule has 0 aromatic carbocycles. The lowest BCUT2D eigenvalue weighted by atomic mass is 10.1. The normalized spacial score (nSPS) is 10.4. The minimum absolute atomic E-state index is 0.729. The Labute approximate surface area is 107 Å². The first-order valence-electron chi connectivity index (χ1n) is 6.19. The third kappa shape index (κ3) is 2.64. The minimum atomic E-state index is 0.729. The van der Waals surface area contributed by atoms with E-state index in [1.807, 2.05) is 18.2 Å². The summed E-state index contributed by atoms with van der Waals surface area (Å²) in [6.45, 7) is 7.07. The maximum Gasteiger partial charge on any atom is 0.151 e. The summed E-state index contributed by atoms with van der Waals surface area (Å²) in [6.07, 6.45) is 2.53. The highest BCUT2D eigenvalue weighted by molar-refractivity contribution is 5.47. The highest BCUT2D eigenvalue weighted by atomic mass is 15.2. The predicted molar refractivity (Wildman–Crippen MR) is 72.7 cm³/mol. The Balaban J connectivity index is 2.27. The van der Waals surface area contributed by atoms with Gasteiger partial charge in [0.15, 0.2) is 5.82 Å². The number of anilines is 1. The van der Waals surface area contributed by atoms with Crippen LogP contribution in [-0.2, 0) is 6.42 Å². The van der Waals surface area contributed by atoms with Crippen molar-refractivity contribution in [3.63, 3.8) is 0 Å². The molecule has 0 radical (unpaired) electrons. The van der Waals surface area contributed by atoms with Gasteiger partial charge in [-0.1, -0.05) is 6.07 Å². The van der Waals surface area contributed by atoms with Crippen LogP contribution >= 0.6 is 0 Å².